The summed E-state index contributed by atoms with van der Waals surface area (Å²) in [5.41, 5.74) is 16.5. The summed E-state index contributed by atoms with van der Waals surface area (Å²) in [4.78, 5) is 10.6. The average Bonchev–Trinajstić information content (AvgIpc) is 3.43. The zero-order chi connectivity index (χ0) is 25.7. The molecule has 194 valence electrons. The largest absolute Gasteiger partial charge is 0.257 e. The molecule has 1 atom stereocenters. The van der Waals surface area contributed by atoms with Crippen molar-refractivity contribution < 1.29 is 0 Å². The molecule has 2 heteroatoms. The lowest BCUT2D eigenvalue weighted by atomic mass is 9.77. The van der Waals surface area contributed by atoms with Crippen LogP contribution in [-0.4, -0.2) is 9.97 Å². The molecule has 1 saturated carbocycles. The number of fused-ring (bicyclic) bond motifs is 2. The molecule has 37 heavy (non-hydrogen) atoms. The van der Waals surface area contributed by atoms with Gasteiger partial charge in [0.1, 0.15) is 0 Å². The van der Waals surface area contributed by atoms with E-state index in [0.29, 0.717) is 5.92 Å². The summed E-state index contributed by atoms with van der Waals surface area (Å²) in [6, 6.07) is 11.1. The van der Waals surface area contributed by atoms with Gasteiger partial charge in [0, 0.05) is 28.3 Å². The zero-order valence-corrected chi connectivity index (χ0v) is 23.7. The van der Waals surface area contributed by atoms with Gasteiger partial charge in [0.2, 0.25) is 0 Å². The highest BCUT2D eigenvalue weighted by atomic mass is 14.8. The number of rotatable bonds is 7. The van der Waals surface area contributed by atoms with Crippen molar-refractivity contribution in [3.8, 4) is 11.1 Å². The standard InChI is InChI=1S/C35H44N2/c1-6-27-32(24-19-20-24)31(25-14-10-16-28(25)36-27)22(2)18-21-30-33(23-12-8-7-9-13-23)34(35(3,4)5)26-15-11-17-29(26)37-30/h7-9,12-13,22,24H,6,10-11,14-21H2,1-5H3. The predicted octanol–water partition coefficient (Wildman–Crippen LogP) is 8.59. The third-order valence-corrected chi connectivity index (χ3v) is 9.12. The highest BCUT2D eigenvalue weighted by Gasteiger charge is 2.35. The lowest BCUT2D eigenvalue weighted by molar-refractivity contribution is 0.581. The zero-order valence-electron chi connectivity index (χ0n) is 23.7. The molecule has 2 heterocycles. The number of aryl methyl sites for hydroxylation is 4. The number of pyridine rings is 2. The Kier molecular flexibility index (Phi) is 6.50. The van der Waals surface area contributed by atoms with E-state index in [-0.39, 0.29) is 5.41 Å². The minimum atomic E-state index is 0.101. The van der Waals surface area contributed by atoms with Crippen LogP contribution in [-0.2, 0) is 43.9 Å². The van der Waals surface area contributed by atoms with Gasteiger partial charge in [-0.1, -0.05) is 65.0 Å². The average molecular weight is 493 g/mol. The summed E-state index contributed by atoms with van der Waals surface area (Å²) in [6.45, 7) is 12.0. The Balaban J connectivity index is 1.42. The number of hydrogen-bond acceptors (Lipinski definition) is 2. The maximum atomic E-state index is 5.43. The van der Waals surface area contributed by atoms with E-state index in [1.165, 1.54) is 78.8 Å². The van der Waals surface area contributed by atoms with Gasteiger partial charge in [0.05, 0.1) is 0 Å². The van der Waals surface area contributed by atoms with Gasteiger partial charge in [0.25, 0.3) is 0 Å². The molecule has 3 aliphatic rings. The second-order valence-corrected chi connectivity index (χ2v) is 12.9. The molecule has 0 N–H and O–H groups in total. The van der Waals surface area contributed by atoms with Gasteiger partial charge < -0.3 is 0 Å². The minimum Gasteiger partial charge on any atom is -0.257 e. The topological polar surface area (TPSA) is 25.8 Å². The van der Waals surface area contributed by atoms with Crippen LogP contribution in [0.4, 0.5) is 0 Å². The summed E-state index contributed by atoms with van der Waals surface area (Å²) in [5, 5.41) is 0. The van der Waals surface area contributed by atoms with E-state index in [2.05, 4.69) is 65.0 Å². The maximum absolute atomic E-state index is 5.43. The van der Waals surface area contributed by atoms with Gasteiger partial charge in [-0.2, -0.15) is 0 Å². The van der Waals surface area contributed by atoms with Crippen LogP contribution in [0.5, 0.6) is 0 Å². The van der Waals surface area contributed by atoms with Crippen molar-refractivity contribution in [2.45, 2.75) is 122 Å². The Morgan fingerprint density at radius 3 is 2.16 bits per heavy atom. The van der Waals surface area contributed by atoms with Crippen LogP contribution in [0.2, 0.25) is 0 Å². The predicted molar refractivity (Wildman–Crippen MR) is 155 cm³/mol. The Morgan fingerprint density at radius 1 is 0.865 bits per heavy atom. The molecule has 3 aliphatic carbocycles. The third kappa shape index (κ3) is 4.55. The van der Waals surface area contributed by atoms with Crippen molar-refractivity contribution in [2.24, 2.45) is 0 Å². The van der Waals surface area contributed by atoms with Gasteiger partial charge in [-0.15, -0.1) is 0 Å². The monoisotopic (exact) mass is 492 g/mol. The molecular weight excluding hydrogens is 448 g/mol. The van der Waals surface area contributed by atoms with Crippen molar-refractivity contribution in [1.82, 2.24) is 9.97 Å². The molecule has 0 aliphatic heterocycles. The molecule has 6 rings (SSSR count). The fraction of sp³-hybridized carbons (Fsp3) is 0.543. The highest BCUT2D eigenvalue weighted by Crippen LogP contribution is 2.48. The van der Waals surface area contributed by atoms with Crippen molar-refractivity contribution in [3.63, 3.8) is 0 Å². The number of hydrogen-bond donors (Lipinski definition) is 0. The first-order valence-electron chi connectivity index (χ1n) is 15.0. The van der Waals surface area contributed by atoms with Gasteiger partial charge in [-0.3, -0.25) is 9.97 Å². The van der Waals surface area contributed by atoms with Gasteiger partial charge in [0.15, 0.2) is 0 Å². The summed E-state index contributed by atoms with van der Waals surface area (Å²) >= 11 is 0. The number of aromatic nitrogens is 2. The molecule has 0 amide bonds. The lowest BCUT2D eigenvalue weighted by Gasteiger charge is -2.29. The van der Waals surface area contributed by atoms with Crippen molar-refractivity contribution >= 4 is 0 Å². The van der Waals surface area contributed by atoms with Crippen LogP contribution in [0.25, 0.3) is 11.1 Å². The van der Waals surface area contributed by atoms with Gasteiger partial charge in [-0.25, -0.2) is 0 Å². The van der Waals surface area contributed by atoms with Crippen molar-refractivity contribution in [2.75, 3.05) is 0 Å². The molecule has 0 bridgehead atoms. The molecule has 0 spiro atoms. The molecule has 0 saturated heterocycles. The smallest absolute Gasteiger partial charge is 0.0488 e. The van der Waals surface area contributed by atoms with Crippen LogP contribution in [0.15, 0.2) is 30.3 Å². The van der Waals surface area contributed by atoms with Crippen LogP contribution in [0.3, 0.4) is 0 Å². The Bertz CT molecular complexity index is 1310. The van der Waals surface area contributed by atoms with Gasteiger partial charge >= 0.3 is 0 Å². The first-order chi connectivity index (χ1) is 17.9. The first-order valence-corrected chi connectivity index (χ1v) is 15.0. The summed E-state index contributed by atoms with van der Waals surface area (Å²) in [6.07, 6.45) is 13.2. The lowest BCUT2D eigenvalue weighted by Crippen LogP contribution is -2.19. The second-order valence-electron chi connectivity index (χ2n) is 12.9. The van der Waals surface area contributed by atoms with E-state index in [4.69, 9.17) is 9.97 Å². The Hall–Kier alpha value is -2.48. The molecule has 2 aromatic heterocycles. The van der Waals surface area contributed by atoms with E-state index in [1.54, 1.807) is 27.8 Å². The molecule has 1 fully saturated rings. The van der Waals surface area contributed by atoms with Crippen molar-refractivity contribution in [1.29, 1.82) is 0 Å². The minimum absolute atomic E-state index is 0.101. The molecule has 1 aromatic carbocycles. The van der Waals surface area contributed by atoms with Crippen LogP contribution in [0, 0.1) is 0 Å². The summed E-state index contributed by atoms with van der Waals surface area (Å²) in [7, 11) is 0. The van der Waals surface area contributed by atoms with E-state index in [9.17, 15) is 0 Å². The number of benzene rings is 1. The first kappa shape index (κ1) is 24.8. The molecule has 3 aromatic rings. The highest BCUT2D eigenvalue weighted by molar-refractivity contribution is 5.73. The van der Waals surface area contributed by atoms with E-state index in [1.807, 2.05) is 0 Å². The fourth-order valence-corrected chi connectivity index (χ4v) is 7.40. The van der Waals surface area contributed by atoms with Crippen molar-refractivity contribution in [3.05, 3.63) is 80.9 Å². The van der Waals surface area contributed by atoms with Crippen LogP contribution in [0.1, 0.15) is 129 Å². The van der Waals surface area contributed by atoms with Crippen LogP contribution >= 0.6 is 0 Å². The SMILES string of the molecule is CCc1nc2c(c(C(C)CCc3nc4c(c(C(C)(C)C)c3-c3ccccc3)CCC4)c1C1CC1)CCC2. The Morgan fingerprint density at radius 2 is 1.51 bits per heavy atom. The third-order valence-electron chi connectivity index (χ3n) is 9.12. The quantitative estimate of drug-likeness (QED) is 0.330. The van der Waals surface area contributed by atoms with Crippen LogP contribution < -0.4 is 0 Å². The molecule has 2 nitrogen and oxygen atoms in total. The maximum Gasteiger partial charge on any atom is 0.0488 e. The van der Waals surface area contributed by atoms with E-state index in [0.717, 1.165) is 31.6 Å². The summed E-state index contributed by atoms with van der Waals surface area (Å²) < 4.78 is 0. The van der Waals surface area contributed by atoms with E-state index >= 15 is 0 Å². The molecule has 1 unspecified atom stereocenters. The Labute approximate surface area is 224 Å². The summed E-state index contributed by atoms with van der Waals surface area (Å²) in [5.74, 6) is 1.31. The molecular formula is C35H44N2. The fourth-order valence-electron chi connectivity index (χ4n) is 7.40. The normalized spacial score (nSPS) is 17.6. The molecule has 0 radical (unpaired) electrons. The second kappa shape index (κ2) is 9.68. The van der Waals surface area contributed by atoms with E-state index < -0.39 is 0 Å². The van der Waals surface area contributed by atoms with Gasteiger partial charge in [-0.05, 0) is 121 Å². The number of nitrogens with zero attached hydrogens (tertiary/aromatic N) is 2.